The van der Waals surface area contributed by atoms with Crippen LogP contribution in [-0.2, 0) is 16.1 Å². The first-order valence-electron chi connectivity index (χ1n) is 12.6. The summed E-state index contributed by atoms with van der Waals surface area (Å²) in [6.45, 7) is 4.57. The number of nitrogens with zero attached hydrogens (tertiary/aromatic N) is 4. The monoisotopic (exact) mass is 515 g/mol. The van der Waals surface area contributed by atoms with E-state index in [0.717, 1.165) is 11.9 Å². The zero-order valence-electron chi connectivity index (χ0n) is 22.1. The summed E-state index contributed by atoms with van der Waals surface area (Å²) in [6, 6.07) is 20.8. The number of carbonyl (C=O) groups excluding carboxylic acids is 2. The van der Waals surface area contributed by atoms with Gasteiger partial charge in [0, 0.05) is 23.9 Å². The number of benzene rings is 3. The molecular formula is C29H33N5O4. The third kappa shape index (κ3) is 5.94. The fraction of sp³-hybridized carbons (Fsp3) is 0.310. The number of ether oxygens (including phenoxy) is 2. The van der Waals surface area contributed by atoms with Crippen molar-refractivity contribution in [1.29, 1.82) is 0 Å². The Balaban J connectivity index is 1.80. The summed E-state index contributed by atoms with van der Waals surface area (Å²) >= 11 is 0. The second-order valence-electron chi connectivity index (χ2n) is 9.32. The van der Waals surface area contributed by atoms with E-state index < -0.39 is 6.04 Å². The van der Waals surface area contributed by atoms with E-state index in [4.69, 9.17) is 9.47 Å². The minimum absolute atomic E-state index is 0.107. The molecule has 0 saturated heterocycles. The van der Waals surface area contributed by atoms with Gasteiger partial charge in [-0.15, -0.1) is 5.10 Å². The third-order valence-electron chi connectivity index (χ3n) is 6.27. The minimum Gasteiger partial charge on any atom is -0.497 e. The van der Waals surface area contributed by atoms with E-state index >= 15 is 0 Å². The van der Waals surface area contributed by atoms with Crippen molar-refractivity contribution in [2.75, 3.05) is 25.7 Å². The number of hydrogen-bond acceptors (Lipinski definition) is 6. The van der Waals surface area contributed by atoms with Crippen molar-refractivity contribution in [3.63, 3.8) is 0 Å². The lowest BCUT2D eigenvalue weighted by atomic mass is 10.0. The normalized spacial score (nSPS) is 11.8. The first kappa shape index (κ1) is 26.7. The molecule has 1 atom stereocenters. The summed E-state index contributed by atoms with van der Waals surface area (Å²) < 4.78 is 12.6. The lowest BCUT2D eigenvalue weighted by molar-refractivity contribution is -0.127. The topological polar surface area (TPSA) is 98.6 Å². The standard InChI is InChI=1S/C29H33N5O4/c1-20(2)16-17-30-29(36)28(23-15-14-22(37-3)18-26(23)38-4)34(21-10-6-5-7-11-21)27(35)19-33-25-13-9-8-12-24(25)31-32-33/h5-15,18,20,28H,16-17,19H2,1-4H3,(H,30,36)/t28-/m1/s1. The molecule has 0 bridgehead atoms. The van der Waals surface area contributed by atoms with Gasteiger partial charge in [-0.05, 0) is 48.7 Å². The molecular weight excluding hydrogens is 482 g/mol. The van der Waals surface area contributed by atoms with Crippen LogP contribution in [0.5, 0.6) is 11.5 Å². The van der Waals surface area contributed by atoms with Crippen LogP contribution in [0.1, 0.15) is 31.9 Å². The lowest BCUT2D eigenvalue weighted by Crippen LogP contribution is -2.45. The Morgan fingerprint density at radius 3 is 2.42 bits per heavy atom. The lowest BCUT2D eigenvalue weighted by Gasteiger charge is -2.32. The number of fused-ring (bicyclic) bond motifs is 1. The zero-order valence-corrected chi connectivity index (χ0v) is 22.1. The molecule has 1 heterocycles. The van der Waals surface area contributed by atoms with Crippen LogP contribution < -0.4 is 19.7 Å². The van der Waals surface area contributed by atoms with Gasteiger partial charge in [0.05, 0.1) is 19.7 Å². The van der Waals surface area contributed by atoms with Crippen LogP contribution in [-0.4, -0.2) is 47.6 Å². The maximum atomic E-state index is 14.1. The molecule has 3 aromatic carbocycles. The van der Waals surface area contributed by atoms with Crippen LogP contribution in [0.4, 0.5) is 5.69 Å². The summed E-state index contributed by atoms with van der Waals surface area (Å²) in [5.74, 6) is 0.796. The number of anilines is 1. The number of methoxy groups -OCH3 is 2. The Morgan fingerprint density at radius 1 is 0.974 bits per heavy atom. The fourth-order valence-electron chi connectivity index (χ4n) is 4.29. The van der Waals surface area contributed by atoms with Crippen LogP contribution in [0.2, 0.25) is 0 Å². The van der Waals surface area contributed by atoms with Gasteiger partial charge in [0.2, 0.25) is 11.8 Å². The Morgan fingerprint density at radius 2 is 1.71 bits per heavy atom. The number of hydrogen-bond donors (Lipinski definition) is 1. The summed E-state index contributed by atoms with van der Waals surface area (Å²) in [7, 11) is 3.09. The molecule has 4 rings (SSSR count). The maximum absolute atomic E-state index is 14.1. The van der Waals surface area contributed by atoms with Crippen molar-refractivity contribution in [3.05, 3.63) is 78.4 Å². The van der Waals surface area contributed by atoms with Crippen molar-refractivity contribution in [1.82, 2.24) is 20.3 Å². The minimum atomic E-state index is -1.01. The highest BCUT2D eigenvalue weighted by molar-refractivity contribution is 6.02. The number of carbonyl (C=O) groups is 2. The molecule has 1 aromatic heterocycles. The van der Waals surface area contributed by atoms with Gasteiger partial charge in [-0.25, -0.2) is 4.68 Å². The maximum Gasteiger partial charge on any atom is 0.249 e. The van der Waals surface area contributed by atoms with E-state index in [2.05, 4.69) is 29.5 Å². The smallest absolute Gasteiger partial charge is 0.249 e. The first-order chi connectivity index (χ1) is 18.4. The van der Waals surface area contributed by atoms with E-state index in [0.29, 0.717) is 40.7 Å². The highest BCUT2D eigenvalue weighted by atomic mass is 16.5. The predicted molar refractivity (Wildman–Crippen MR) is 146 cm³/mol. The average molecular weight is 516 g/mol. The number of para-hydroxylation sites is 2. The van der Waals surface area contributed by atoms with E-state index in [1.165, 1.54) is 12.0 Å². The molecule has 4 aromatic rings. The fourth-order valence-corrected chi connectivity index (χ4v) is 4.29. The molecule has 198 valence electrons. The number of aromatic nitrogens is 3. The van der Waals surface area contributed by atoms with Gasteiger partial charge in [-0.2, -0.15) is 0 Å². The second-order valence-corrected chi connectivity index (χ2v) is 9.32. The van der Waals surface area contributed by atoms with Gasteiger partial charge >= 0.3 is 0 Å². The summed E-state index contributed by atoms with van der Waals surface area (Å²) in [5, 5.41) is 11.4. The molecule has 38 heavy (non-hydrogen) atoms. The highest BCUT2D eigenvalue weighted by Gasteiger charge is 2.35. The Kier molecular flexibility index (Phi) is 8.58. The Labute approximate surface area is 222 Å². The SMILES string of the molecule is COc1ccc([C@H](C(=O)NCCC(C)C)N(C(=O)Cn2nnc3ccccc32)c2ccccc2)c(OC)c1. The first-order valence-corrected chi connectivity index (χ1v) is 12.6. The van der Waals surface area contributed by atoms with E-state index in [1.54, 1.807) is 30.0 Å². The van der Waals surface area contributed by atoms with Crippen LogP contribution in [0, 0.1) is 5.92 Å². The Hall–Kier alpha value is -4.40. The summed E-state index contributed by atoms with van der Waals surface area (Å²) in [4.78, 5) is 29.4. The van der Waals surface area contributed by atoms with Gasteiger partial charge in [0.25, 0.3) is 0 Å². The molecule has 9 nitrogen and oxygen atoms in total. The molecule has 0 spiro atoms. The molecule has 9 heteroatoms. The second kappa shape index (κ2) is 12.2. The quantitative estimate of drug-likeness (QED) is 0.318. The van der Waals surface area contributed by atoms with Crippen molar-refractivity contribution in [3.8, 4) is 11.5 Å². The van der Waals surface area contributed by atoms with Crippen LogP contribution in [0.15, 0.2) is 72.8 Å². The molecule has 0 saturated carbocycles. The summed E-state index contributed by atoms with van der Waals surface area (Å²) in [6.07, 6.45) is 0.808. The van der Waals surface area contributed by atoms with Crippen LogP contribution in [0.25, 0.3) is 11.0 Å². The predicted octanol–water partition coefficient (Wildman–Crippen LogP) is 4.39. The molecule has 0 radical (unpaired) electrons. The van der Waals surface area contributed by atoms with Gasteiger partial charge in [-0.3, -0.25) is 14.5 Å². The van der Waals surface area contributed by atoms with Crippen molar-refractivity contribution in [2.45, 2.75) is 32.9 Å². The molecule has 0 aliphatic rings. The van der Waals surface area contributed by atoms with E-state index in [1.807, 2.05) is 54.6 Å². The van der Waals surface area contributed by atoms with E-state index in [9.17, 15) is 9.59 Å². The molecule has 2 amide bonds. The highest BCUT2D eigenvalue weighted by Crippen LogP contribution is 2.36. The van der Waals surface area contributed by atoms with Gasteiger partial charge in [0.15, 0.2) is 0 Å². The largest absolute Gasteiger partial charge is 0.497 e. The molecule has 1 N–H and O–H groups in total. The summed E-state index contributed by atoms with van der Waals surface area (Å²) in [5.41, 5.74) is 2.53. The van der Waals surface area contributed by atoms with Gasteiger partial charge in [-0.1, -0.05) is 49.4 Å². The van der Waals surface area contributed by atoms with Gasteiger partial charge in [0.1, 0.15) is 29.6 Å². The van der Waals surface area contributed by atoms with Crippen molar-refractivity contribution >= 4 is 28.5 Å². The number of amides is 2. The van der Waals surface area contributed by atoms with Crippen LogP contribution >= 0.6 is 0 Å². The number of nitrogens with one attached hydrogen (secondary N) is 1. The van der Waals surface area contributed by atoms with Crippen molar-refractivity contribution in [2.24, 2.45) is 5.92 Å². The third-order valence-corrected chi connectivity index (χ3v) is 6.27. The van der Waals surface area contributed by atoms with Crippen molar-refractivity contribution < 1.29 is 19.1 Å². The van der Waals surface area contributed by atoms with Gasteiger partial charge < -0.3 is 14.8 Å². The van der Waals surface area contributed by atoms with E-state index in [-0.39, 0.29) is 18.4 Å². The molecule has 0 unspecified atom stereocenters. The molecule has 0 aliphatic heterocycles. The van der Waals surface area contributed by atoms with Crippen LogP contribution in [0.3, 0.4) is 0 Å². The number of rotatable bonds is 11. The average Bonchev–Trinajstić information content (AvgIpc) is 3.34. The zero-order chi connectivity index (χ0) is 27.1. The Bertz CT molecular complexity index is 1390. The molecule has 0 fully saturated rings. The molecule has 0 aliphatic carbocycles.